The fourth-order valence-corrected chi connectivity index (χ4v) is 4.44. The smallest absolute Gasteiger partial charge is 0.401 e. The van der Waals surface area contributed by atoms with Gasteiger partial charge < -0.3 is 9.67 Å². The average molecular weight is 429 g/mol. The Kier molecular flexibility index (Phi) is 4.85. The van der Waals surface area contributed by atoms with Crippen LogP contribution in [-0.2, 0) is 16.8 Å². The second kappa shape index (κ2) is 7.02. The van der Waals surface area contributed by atoms with E-state index in [2.05, 4.69) is 10.2 Å². The summed E-state index contributed by atoms with van der Waals surface area (Å²) in [6.07, 6.45) is -4.26. The molecule has 2 aromatic rings. The number of aromatic nitrogens is 3. The van der Waals surface area contributed by atoms with Crippen LogP contribution in [0.25, 0.3) is 0 Å². The van der Waals surface area contributed by atoms with Gasteiger partial charge in [-0.15, -0.1) is 10.2 Å². The molecule has 4 rings (SSSR count). The number of carboxylic acids is 1. The zero-order valence-electron chi connectivity index (χ0n) is 16.1. The molecular formula is C20H20F5N3O2. The summed E-state index contributed by atoms with van der Waals surface area (Å²) in [6, 6.07) is 3.73. The van der Waals surface area contributed by atoms with Crippen molar-refractivity contribution in [2.45, 2.75) is 62.6 Å². The number of benzene rings is 1. The molecule has 5 nitrogen and oxygen atoms in total. The van der Waals surface area contributed by atoms with Crippen LogP contribution in [0.2, 0.25) is 0 Å². The molecule has 1 N–H and O–H groups in total. The van der Waals surface area contributed by atoms with Crippen molar-refractivity contribution in [3.8, 4) is 0 Å². The molecule has 1 aliphatic heterocycles. The van der Waals surface area contributed by atoms with E-state index in [1.54, 1.807) is 0 Å². The molecule has 0 spiro atoms. The van der Waals surface area contributed by atoms with E-state index in [1.807, 2.05) is 0 Å². The van der Waals surface area contributed by atoms with Crippen LogP contribution in [-0.4, -0.2) is 32.0 Å². The van der Waals surface area contributed by atoms with Crippen LogP contribution in [0.3, 0.4) is 0 Å². The van der Waals surface area contributed by atoms with Gasteiger partial charge in [0.25, 0.3) is 0 Å². The van der Waals surface area contributed by atoms with Crippen molar-refractivity contribution in [1.82, 2.24) is 14.8 Å². The molecule has 1 aromatic carbocycles. The van der Waals surface area contributed by atoms with Gasteiger partial charge in [0.15, 0.2) is 11.6 Å². The minimum atomic E-state index is -4.53. The van der Waals surface area contributed by atoms with Crippen molar-refractivity contribution in [1.29, 1.82) is 0 Å². The molecule has 1 fully saturated rings. The predicted octanol–water partition coefficient (Wildman–Crippen LogP) is 4.53. The van der Waals surface area contributed by atoms with Gasteiger partial charge in [-0.2, -0.15) is 13.2 Å². The maximum Gasteiger partial charge on any atom is 0.401 e. The Morgan fingerprint density at radius 1 is 1.23 bits per heavy atom. The summed E-state index contributed by atoms with van der Waals surface area (Å²) in [5, 5.41) is 17.3. The zero-order valence-corrected chi connectivity index (χ0v) is 16.1. The molecule has 1 unspecified atom stereocenters. The topological polar surface area (TPSA) is 68.0 Å². The summed E-state index contributed by atoms with van der Waals surface area (Å²) in [5.41, 5.74) is -2.06. The largest absolute Gasteiger partial charge is 0.481 e. The molecule has 2 heterocycles. The second-order valence-corrected chi connectivity index (χ2v) is 8.22. The first-order valence-corrected chi connectivity index (χ1v) is 9.74. The molecule has 0 radical (unpaired) electrons. The van der Waals surface area contributed by atoms with Crippen molar-refractivity contribution in [2.75, 3.05) is 0 Å². The van der Waals surface area contributed by atoms with Crippen molar-refractivity contribution in [3.63, 3.8) is 0 Å². The van der Waals surface area contributed by atoms with Gasteiger partial charge in [0.2, 0.25) is 0 Å². The maximum absolute atomic E-state index is 14.5. The van der Waals surface area contributed by atoms with Gasteiger partial charge in [0, 0.05) is 18.4 Å². The first-order chi connectivity index (χ1) is 14.1. The highest BCUT2D eigenvalue weighted by atomic mass is 19.4. The second-order valence-electron chi connectivity index (χ2n) is 8.22. The molecule has 0 amide bonds. The van der Waals surface area contributed by atoms with Crippen LogP contribution in [0, 0.1) is 17.6 Å². The Morgan fingerprint density at radius 3 is 2.53 bits per heavy atom. The molecule has 30 heavy (non-hydrogen) atoms. The first-order valence-electron chi connectivity index (χ1n) is 9.74. The van der Waals surface area contributed by atoms with Crippen molar-refractivity contribution in [2.24, 2.45) is 5.92 Å². The SMILES string of the molecule is CC(C(=O)O)[C@H]1CC[C@H](c2cccc(F)c2F)Cn2c1nnc2C1(C(F)(F)F)CC1. The van der Waals surface area contributed by atoms with E-state index >= 15 is 0 Å². The molecule has 0 bridgehead atoms. The zero-order chi connectivity index (χ0) is 21.8. The minimum absolute atomic E-state index is 0.0566. The highest BCUT2D eigenvalue weighted by Gasteiger charge is 2.67. The van der Waals surface area contributed by atoms with Gasteiger partial charge in [-0.05, 0) is 37.3 Å². The number of carboxylic acid groups (broad SMARTS) is 1. The summed E-state index contributed by atoms with van der Waals surface area (Å²) in [7, 11) is 0. The van der Waals surface area contributed by atoms with Crippen LogP contribution < -0.4 is 0 Å². The van der Waals surface area contributed by atoms with Crippen LogP contribution in [0.1, 0.15) is 61.7 Å². The number of rotatable bonds is 4. The van der Waals surface area contributed by atoms with Gasteiger partial charge in [-0.25, -0.2) is 8.78 Å². The Bertz CT molecular complexity index is 983. The Morgan fingerprint density at radius 2 is 1.93 bits per heavy atom. The summed E-state index contributed by atoms with van der Waals surface area (Å²) in [4.78, 5) is 11.6. The molecule has 1 aliphatic carbocycles. The number of halogens is 5. The van der Waals surface area contributed by atoms with Gasteiger partial charge in [-0.3, -0.25) is 4.79 Å². The number of carbonyl (C=O) groups is 1. The summed E-state index contributed by atoms with van der Waals surface area (Å²) in [5.74, 6) is -5.53. The molecule has 162 valence electrons. The van der Waals surface area contributed by atoms with E-state index in [1.165, 1.54) is 23.6 Å². The number of hydrogen-bond donors (Lipinski definition) is 1. The van der Waals surface area contributed by atoms with E-state index in [0.717, 1.165) is 6.07 Å². The monoisotopic (exact) mass is 429 g/mol. The van der Waals surface area contributed by atoms with E-state index < -0.39 is 46.9 Å². The quantitative estimate of drug-likeness (QED) is 0.725. The van der Waals surface area contributed by atoms with E-state index in [-0.39, 0.29) is 49.4 Å². The van der Waals surface area contributed by atoms with Crippen LogP contribution in [0.15, 0.2) is 18.2 Å². The van der Waals surface area contributed by atoms with Crippen LogP contribution in [0.5, 0.6) is 0 Å². The lowest BCUT2D eigenvalue weighted by molar-refractivity contribution is -0.163. The molecule has 1 aromatic heterocycles. The number of alkyl halides is 3. The Hall–Kier alpha value is -2.52. The molecule has 2 aliphatic rings. The van der Waals surface area contributed by atoms with E-state index in [4.69, 9.17) is 0 Å². The third-order valence-electron chi connectivity index (χ3n) is 6.48. The van der Waals surface area contributed by atoms with Gasteiger partial charge in [0.1, 0.15) is 17.1 Å². The molecule has 10 heteroatoms. The molecule has 3 atom stereocenters. The third kappa shape index (κ3) is 3.16. The highest BCUT2D eigenvalue weighted by Crippen LogP contribution is 2.59. The summed E-state index contributed by atoms with van der Waals surface area (Å²) in [6.45, 7) is 1.39. The first kappa shape index (κ1) is 20.7. The van der Waals surface area contributed by atoms with E-state index in [9.17, 15) is 31.9 Å². The van der Waals surface area contributed by atoms with Gasteiger partial charge in [-0.1, -0.05) is 19.1 Å². The molecule has 1 saturated carbocycles. The lowest BCUT2D eigenvalue weighted by Crippen LogP contribution is -2.33. The number of nitrogens with zero attached hydrogens (tertiary/aromatic N) is 3. The summed E-state index contributed by atoms with van der Waals surface area (Å²) < 4.78 is 70.8. The number of fused-ring (bicyclic) bond motifs is 1. The predicted molar refractivity (Wildman–Crippen MR) is 94.9 cm³/mol. The standard InChI is InChI=1S/C20H20F5N3O2/c1-10(17(29)30)12-6-5-11(13-3-2-4-14(21)15(13)22)9-28-16(12)26-27-18(28)19(7-8-19)20(23,24)25/h2-4,10-12H,5-9H2,1H3,(H,29,30)/t10?,11-,12+/m0/s1. The Labute approximate surface area is 168 Å². The van der Waals surface area contributed by atoms with Crippen molar-refractivity contribution in [3.05, 3.63) is 47.0 Å². The van der Waals surface area contributed by atoms with Crippen molar-refractivity contribution < 1.29 is 31.9 Å². The fourth-order valence-electron chi connectivity index (χ4n) is 4.44. The molecule has 0 saturated heterocycles. The highest BCUT2D eigenvalue weighted by molar-refractivity contribution is 5.70. The van der Waals surface area contributed by atoms with Gasteiger partial charge >= 0.3 is 12.1 Å². The lowest BCUT2D eigenvalue weighted by atomic mass is 9.86. The fraction of sp³-hybridized carbons (Fsp3) is 0.550. The maximum atomic E-state index is 14.5. The number of aliphatic carboxylic acids is 1. The van der Waals surface area contributed by atoms with Crippen LogP contribution in [0.4, 0.5) is 22.0 Å². The average Bonchev–Trinajstić information content (AvgIpc) is 3.43. The molecular weight excluding hydrogens is 409 g/mol. The minimum Gasteiger partial charge on any atom is -0.481 e. The number of hydrogen-bond acceptors (Lipinski definition) is 3. The Balaban J connectivity index is 1.83. The van der Waals surface area contributed by atoms with Gasteiger partial charge in [0.05, 0.1) is 5.92 Å². The lowest BCUT2D eigenvalue weighted by Gasteiger charge is -2.23. The van der Waals surface area contributed by atoms with Crippen molar-refractivity contribution >= 4 is 5.97 Å². The normalized spacial score (nSPS) is 24.1. The summed E-state index contributed by atoms with van der Waals surface area (Å²) >= 11 is 0. The van der Waals surface area contributed by atoms with E-state index in [0.29, 0.717) is 0 Å². The third-order valence-corrected chi connectivity index (χ3v) is 6.48. The van der Waals surface area contributed by atoms with Crippen LogP contribution >= 0.6 is 0 Å².